The summed E-state index contributed by atoms with van der Waals surface area (Å²) in [5.74, 6) is 0.0192. The Hall–Kier alpha value is -2.16. The minimum atomic E-state index is -2.72. The van der Waals surface area contributed by atoms with Gasteiger partial charge in [-0.05, 0) is 25.5 Å². The fourth-order valence-electron chi connectivity index (χ4n) is 2.07. The molecule has 3 rings (SSSR count). The molecule has 0 saturated heterocycles. The number of rotatable bonds is 5. The summed E-state index contributed by atoms with van der Waals surface area (Å²) < 4.78 is 26.8. The minimum absolute atomic E-state index is 0.0184. The lowest BCUT2D eigenvalue weighted by Crippen LogP contribution is -2.12. The molecule has 3 heterocycles. The number of hydrogen-bond acceptors (Lipinski definition) is 6. The maximum absolute atomic E-state index is 12.9. The van der Waals surface area contributed by atoms with Crippen LogP contribution >= 0.6 is 11.3 Å². The van der Waals surface area contributed by atoms with Crippen molar-refractivity contribution in [1.29, 1.82) is 0 Å². The van der Waals surface area contributed by atoms with Gasteiger partial charge in [-0.2, -0.15) is 4.52 Å². The van der Waals surface area contributed by atoms with Crippen LogP contribution in [0.2, 0.25) is 0 Å². The molecule has 6 nitrogen and oxygen atoms in total. The van der Waals surface area contributed by atoms with Gasteiger partial charge in [-0.15, -0.1) is 26.6 Å². The van der Waals surface area contributed by atoms with E-state index in [2.05, 4.69) is 25.6 Å². The highest BCUT2D eigenvalue weighted by Gasteiger charge is 2.18. The lowest BCUT2D eigenvalue weighted by molar-refractivity contribution is 0.137. The van der Waals surface area contributed by atoms with Crippen molar-refractivity contribution in [3.8, 4) is 0 Å². The van der Waals surface area contributed by atoms with E-state index in [4.69, 9.17) is 0 Å². The van der Waals surface area contributed by atoms with Crippen LogP contribution in [0.25, 0.3) is 5.65 Å². The smallest absolute Gasteiger partial charge is 0.299 e. The minimum Gasteiger partial charge on any atom is -0.359 e. The summed E-state index contributed by atoms with van der Waals surface area (Å²) in [6, 6.07) is 3.28. The van der Waals surface area contributed by atoms with Gasteiger partial charge in [0, 0.05) is 11.1 Å². The van der Waals surface area contributed by atoms with Gasteiger partial charge in [0.15, 0.2) is 5.65 Å². The standard InChI is InChI=1S/C13H14F2N6S/c1-3-8(13-16-6-7(2)22-13)17-9-4-5-10-18-19-12(11(14)15)21(10)20-9/h4-6,8,11H,3H2,1-2H3,(H,17,20). The number of anilines is 1. The average Bonchev–Trinajstić information content (AvgIpc) is 3.10. The quantitative estimate of drug-likeness (QED) is 0.779. The fraction of sp³-hybridized carbons (Fsp3) is 0.385. The Bertz CT molecular complexity index is 784. The number of nitrogens with one attached hydrogen (secondary N) is 1. The Labute approximate surface area is 129 Å². The number of nitrogens with zero attached hydrogens (tertiary/aromatic N) is 5. The molecular weight excluding hydrogens is 310 g/mol. The Morgan fingerprint density at radius 1 is 1.32 bits per heavy atom. The van der Waals surface area contributed by atoms with Gasteiger partial charge in [-0.1, -0.05) is 6.92 Å². The molecule has 0 aromatic carbocycles. The van der Waals surface area contributed by atoms with Crippen molar-refractivity contribution in [3.05, 3.63) is 34.0 Å². The van der Waals surface area contributed by atoms with E-state index in [-0.39, 0.29) is 6.04 Å². The van der Waals surface area contributed by atoms with Crippen LogP contribution in [0.3, 0.4) is 0 Å². The van der Waals surface area contributed by atoms with E-state index in [0.717, 1.165) is 20.8 Å². The van der Waals surface area contributed by atoms with Gasteiger partial charge in [0.1, 0.15) is 10.8 Å². The van der Waals surface area contributed by atoms with Crippen LogP contribution in [0.15, 0.2) is 18.3 Å². The van der Waals surface area contributed by atoms with Crippen LogP contribution in [-0.4, -0.2) is 24.8 Å². The van der Waals surface area contributed by atoms with Crippen molar-refractivity contribution in [2.24, 2.45) is 0 Å². The molecule has 3 aromatic heterocycles. The third-order valence-electron chi connectivity index (χ3n) is 3.15. The molecule has 0 aliphatic heterocycles. The Morgan fingerprint density at radius 2 is 2.14 bits per heavy atom. The molecule has 0 aliphatic rings. The molecule has 0 aliphatic carbocycles. The van der Waals surface area contributed by atoms with Crippen molar-refractivity contribution < 1.29 is 8.78 Å². The molecule has 0 saturated carbocycles. The predicted molar refractivity (Wildman–Crippen MR) is 79.2 cm³/mol. The zero-order valence-electron chi connectivity index (χ0n) is 12.0. The molecule has 0 bridgehead atoms. The molecule has 22 heavy (non-hydrogen) atoms. The second-order valence-electron chi connectivity index (χ2n) is 4.76. The highest BCUT2D eigenvalue weighted by atomic mass is 32.1. The number of thiazole rings is 1. The Balaban J connectivity index is 1.90. The molecule has 1 unspecified atom stereocenters. The molecule has 1 atom stereocenters. The SMILES string of the molecule is CCC(Nc1ccc2nnc(C(F)F)n2n1)c1ncc(C)s1. The van der Waals surface area contributed by atoms with Crippen molar-refractivity contribution in [1.82, 2.24) is 24.8 Å². The predicted octanol–water partition coefficient (Wildman–Crippen LogP) is 3.39. The molecule has 0 radical (unpaired) electrons. The molecule has 0 amide bonds. The van der Waals surface area contributed by atoms with Crippen molar-refractivity contribution in [2.45, 2.75) is 32.7 Å². The fourth-order valence-corrected chi connectivity index (χ4v) is 2.98. The van der Waals surface area contributed by atoms with Gasteiger partial charge >= 0.3 is 0 Å². The number of hydrogen-bond donors (Lipinski definition) is 1. The largest absolute Gasteiger partial charge is 0.359 e. The zero-order valence-corrected chi connectivity index (χ0v) is 12.8. The topological polar surface area (TPSA) is 68.0 Å². The highest BCUT2D eigenvalue weighted by Crippen LogP contribution is 2.26. The van der Waals surface area contributed by atoms with E-state index in [1.807, 2.05) is 20.0 Å². The lowest BCUT2D eigenvalue weighted by Gasteiger charge is -2.15. The van der Waals surface area contributed by atoms with Crippen molar-refractivity contribution in [3.63, 3.8) is 0 Å². The number of aromatic nitrogens is 5. The molecule has 0 spiro atoms. The summed E-state index contributed by atoms with van der Waals surface area (Å²) in [5, 5.41) is 15.5. The van der Waals surface area contributed by atoms with Gasteiger partial charge in [0.05, 0.1) is 6.04 Å². The first kappa shape index (κ1) is 14.8. The first-order valence-electron chi connectivity index (χ1n) is 6.78. The van der Waals surface area contributed by atoms with Gasteiger partial charge in [0.25, 0.3) is 6.43 Å². The van der Waals surface area contributed by atoms with E-state index in [0.29, 0.717) is 11.5 Å². The number of aryl methyl sites for hydroxylation is 1. The van der Waals surface area contributed by atoms with Crippen LogP contribution in [0.5, 0.6) is 0 Å². The number of fused-ring (bicyclic) bond motifs is 1. The first-order chi connectivity index (χ1) is 10.6. The molecule has 9 heteroatoms. The summed E-state index contributed by atoms with van der Waals surface area (Å²) >= 11 is 1.60. The average molecular weight is 324 g/mol. The van der Waals surface area contributed by atoms with Gasteiger partial charge in [-0.25, -0.2) is 13.8 Å². The van der Waals surface area contributed by atoms with Gasteiger partial charge < -0.3 is 5.32 Å². The Morgan fingerprint density at radius 3 is 2.77 bits per heavy atom. The summed E-state index contributed by atoms with van der Waals surface area (Å²) in [5.41, 5.74) is 0.291. The highest BCUT2D eigenvalue weighted by molar-refractivity contribution is 7.11. The van der Waals surface area contributed by atoms with Crippen LogP contribution in [0.1, 0.15) is 41.5 Å². The molecule has 0 fully saturated rings. The van der Waals surface area contributed by atoms with Crippen molar-refractivity contribution >= 4 is 22.8 Å². The molecular formula is C13H14F2N6S. The van der Waals surface area contributed by atoms with Crippen LogP contribution in [-0.2, 0) is 0 Å². The third-order valence-corrected chi connectivity index (χ3v) is 4.18. The van der Waals surface area contributed by atoms with E-state index in [9.17, 15) is 8.78 Å². The molecule has 116 valence electrons. The van der Waals surface area contributed by atoms with Crippen LogP contribution in [0.4, 0.5) is 14.6 Å². The maximum atomic E-state index is 12.9. The number of alkyl halides is 2. The van der Waals surface area contributed by atoms with Crippen LogP contribution in [0, 0.1) is 6.92 Å². The van der Waals surface area contributed by atoms with E-state index >= 15 is 0 Å². The van der Waals surface area contributed by atoms with Crippen molar-refractivity contribution in [2.75, 3.05) is 5.32 Å². The first-order valence-corrected chi connectivity index (χ1v) is 7.59. The van der Waals surface area contributed by atoms with E-state index < -0.39 is 12.2 Å². The molecule has 1 N–H and O–H groups in total. The zero-order chi connectivity index (χ0) is 15.7. The summed E-state index contributed by atoms with van der Waals surface area (Å²) in [6.45, 7) is 4.01. The summed E-state index contributed by atoms with van der Waals surface area (Å²) in [4.78, 5) is 5.48. The lowest BCUT2D eigenvalue weighted by atomic mass is 10.2. The van der Waals surface area contributed by atoms with Gasteiger partial charge in [0.2, 0.25) is 5.82 Å². The maximum Gasteiger partial charge on any atom is 0.299 e. The van der Waals surface area contributed by atoms with E-state index in [1.54, 1.807) is 23.5 Å². The molecule has 3 aromatic rings. The Kier molecular flexibility index (Phi) is 3.97. The second kappa shape index (κ2) is 5.91. The number of halogens is 2. The second-order valence-corrected chi connectivity index (χ2v) is 6.03. The van der Waals surface area contributed by atoms with Crippen LogP contribution < -0.4 is 5.32 Å². The third kappa shape index (κ3) is 2.76. The summed E-state index contributed by atoms with van der Waals surface area (Å²) in [6.07, 6.45) is -0.104. The monoisotopic (exact) mass is 324 g/mol. The normalized spacial score (nSPS) is 13.0. The van der Waals surface area contributed by atoms with E-state index in [1.165, 1.54) is 0 Å². The van der Waals surface area contributed by atoms with Gasteiger partial charge in [-0.3, -0.25) is 0 Å². The summed E-state index contributed by atoms with van der Waals surface area (Å²) in [7, 11) is 0.